The van der Waals surface area contributed by atoms with Crippen LogP contribution in [0.1, 0.15) is 5.56 Å². The number of ether oxygens (including phenoxy) is 2. The van der Waals surface area contributed by atoms with Crippen molar-refractivity contribution in [3.63, 3.8) is 0 Å². The smallest absolute Gasteiger partial charge is 0.131 e. The third-order valence-corrected chi connectivity index (χ3v) is 3.56. The zero-order chi connectivity index (χ0) is 12.3. The number of aliphatic hydroxyl groups is 1. The predicted molar refractivity (Wildman–Crippen MR) is 68.8 cm³/mol. The van der Waals surface area contributed by atoms with Gasteiger partial charge < -0.3 is 14.6 Å². The van der Waals surface area contributed by atoms with Crippen molar-refractivity contribution >= 4 is 11.3 Å². The molecule has 1 aromatic carbocycles. The van der Waals surface area contributed by atoms with Gasteiger partial charge in [-0.25, -0.2) is 0 Å². The molecule has 3 nitrogen and oxygen atoms in total. The Bertz CT molecular complexity index is 505. The van der Waals surface area contributed by atoms with Crippen LogP contribution in [0.15, 0.2) is 29.6 Å². The second kappa shape index (κ2) is 5.21. The quantitative estimate of drug-likeness (QED) is 0.906. The average Bonchev–Trinajstić information content (AvgIpc) is 2.85. The van der Waals surface area contributed by atoms with Crippen LogP contribution in [-0.2, 0) is 6.61 Å². The molecular weight excluding hydrogens is 236 g/mol. The molecule has 0 saturated carbocycles. The summed E-state index contributed by atoms with van der Waals surface area (Å²) in [6.07, 6.45) is 0. The van der Waals surface area contributed by atoms with Crippen molar-refractivity contribution in [2.75, 3.05) is 14.2 Å². The van der Waals surface area contributed by atoms with Gasteiger partial charge in [0.1, 0.15) is 11.5 Å². The second-order valence-corrected chi connectivity index (χ2v) is 4.42. The maximum Gasteiger partial charge on any atom is 0.131 e. The van der Waals surface area contributed by atoms with E-state index in [2.05, 4.69) is 0 Å². The van der Waals surface area contributed by atoms with Crippen molar-refractivity contribution in [1.82, 2.24) is 0 Å². The number of rotatable bonds is 4. The Kier molecular flexibility index (Phi) is 3.66. The van der Waals surface area contributed by atoms with Crippen LogP contribution >= 0.6 is 11.3 Å². The number of aliphatic hydroxyl groups excluding tert-OH is 1. The molecule has 0 atom stereocenters. The Morgan fingerprint density at radius 1 is 1.18 bits per heavy atom. The van der Waals surface area contributed by atoms with Crippen molar-refractivity contribution in [2.24, 2.45) is 0 Å². The van der Waals surface area contributed by atoms with Crippen LogP contribution in [-0.4, -0.2) is 19.3 Å². The lowest BCUT2D eigenvalue weighted by molar-refractivity contribution is 0.283. The van der Waals surface area contributed by atoms with E-state index in [1.54, 1.807) is 25.6 Å². The highest BCUT2D eigenvalue weighted by Gasteiger charge is 2.12. The molecule has 0 bridgehead atoms. The van der Waals surface area contributed by atoms with Gasteiger partial charge in [-0.2, -0.15) is 0 Å². The molecule has 0 radical (unpaired) electrons. The van der Waals surface area contributed by atoms with E-state index >= 15 is 0 Å². The summed E-state index contributed by atoms with van der Waals surface area (Å²) in [5, 5.41) is 11.2. The highest BCUT2D eigenvalue weighted by molar-refractivity contribution is 7.13. The minimum absolute atomic E-state index is 0.0357. The molecule has 0 aliphatic heterocycles. The molecule has 90 valence electrons. The lowest BCUT2D eigenvalue weighted by Gasteiger charge is -2.10. The van der Waals surface area contributed by atoms with E-state index in [1.165, 1.54) is 0 Å². The standard InChI is InChI=1S/C13H14O3S/c1-15-10-3-4-11(12(7-10)16-2)13-9(8-14)5-6-17-13/h3-7,14H,8H2,1-2H3. The molecule has 1 heterocycles. The Labute approximate surface area is 104 Å². The molecule has 0 aliphatic carbocycles. The first-order chi connectivity index (χ1) is 8.30. The molecular formula is C13H14O3S. The van der Waals surface area contributed by atoms with Crippen LogP contribution in [0.3, 0.4) is 0 Å². The van der Waals surface area contributed by atoms with Gasteiger partial charge in [0.2, 0.25) is 0 Å². The fraction of sp³-hybridized carbons (Fsp3) is 0.231. The normalized spacial score (nSPS) is 10.3. The van der Waals surface area contributed by atoms with Crippen molar-refractivity contribution < 1.29 is 14.6 Å². The molecule has 2 rings (SSSR count). The Hall–Kier alpha value is -1.52. The zero-order valence-electron chi connectivity index (χ0n) is 9.77. The molecule has 4 heteroatoms. The van der Waals surface area contributed by atoms with Crippen LogP contribution in [0.4, 0.5) is 0 Å². The van der Waals surface area contributed by atoms with Crippen molar-refractivity contribution in [2.45, 2.75) is 6.61 Å². The highest BCUT2D eigenvalue weighted by Crippen LogP contribution is 2.38. The minimum atomic E-state index is 0.0357. The van der Waals surface area contributed by atoms with Gasteiger partial charge in [-0.3, -0.25) is 0 Å². The molecule has 0 amide bonds. The van der Waals surface area contributed by atoms with Gasteiger partial charge in [0.15, 0.2) is 0 Å². The topological polar surface area (TPSA) is 38.7 Å². The van der Waals surface area contributed by atoms with E-state index in [-0.39, 0.29) is 6.61 Å². The first-order valence-electron chi connectivity index (χ1n) is 5.19. The maximum absolute atomic E-state index is 9.27. The van der Waals surface area contributed by atoms with Gasteiger partial charge in [0, 0.05) is 16.5 Å². The van der Waals surface area contributed by atoms with Crippen molar-refractivity contribution in [3.8, 4) is 21.9 Å². The van der Waals surface area contributed by atoms with E-state index < -0.39 is 0 Å². The lowest BCUT2D eigenvalue weighted by Crippen LogP contribution is -1.91. The summed E-state index contributed by atoms with van der Waals surface area (Å²) in [7, 11) is 3.25. The Morgan fingerprint density at radius 3 is 2.65 bits per heavy atom. The molecule has 0 aliphatic rings. The SMILES string of the molecule is COc1ccc(-c2sccc2CO)c(OC)c1. The zero-order valence-corrected chi connectivity index (χ0v) is 10.6. The molecule has 17 heavy (non-hydrogen) atoms. The third kappa shape index (κ3) is 2.28. The summed E-state index contributed by atoms with van der Waals surface area (Å²) in [5.74, 6) is 1.51. The van der Waals surface area contributed by atoms with E-state index in [9.17, 15) is 5.11 Å². The molecule has 0 spiro atoms. The van der Waals surface area contributed by atoms with E-state index in [1.807, 2.05) is 29.6 Å². The van der Waals surface area contributed by atoms with Crippen LogP contribution in [0.25, 0.3) is 10.4 Å². The van der Waals surface area contributed by atoms with Gasteiger partial charge in [-0.1, -0.05) is 0 Å². The molecule has 1 N–H and O–H groups in total. The van der Waals surface area contributed by atoms with Crippen LogP contribution in [0.2, 0.25) is 0 Å². The van der Waals surface area contributed by atoms with Gasteiger partial charge >= 0.3 is 0 Å². The fourth-order valence-electron chi connectivity index (χ4n) is 1.68. The minimum Gasteiger partial charge on any atom is -0.497 e. The van der Waals surface area contributed by atoms with Crippen LogP contribution in [0, 0.1) is 0 Å². The molecule has 0 fully saturated rings. The monoisotopic (exact) mass is 250 g/mol. The number of benzene rings is 1. The fourth-order valence-corrected chi connectivity index (χ4v) is 2.63. The first kappa shape index (κ1) is 12.0. The number of methoxy groups -OCH3 is 2. The second-order valence-electron chi connectivity index (χ2n) is 3.50. The van der Waals surface area contributed by atoms with E-state index in [0.717, 1.165) is 27.5 Å². The summed E-state index contributed by atoms with van der Waals surface area (Å²) >= 11 is 1.59. The summed E-state index contributed by atoms with van der Waals surface area (Å²) in [5.41, 5.74) is 1.89. The van der Waals surface area contributed by atoms with Crippen molar-refractivity contribution in [1.29, 1.82) is 0 Å². The molecule has 0 unspecified atom stereocenters. The maximum atomic E-state index is 9.27. The molecule has 1 aromatic heterocycles. The van der Waals surface area contributed by atoms with Gasteiger partial charge in [0.05, 0.1) is 20.8 Å². The van der Waals surface area contributed by atoms with Crippen molar-refractivity contribution in [3.05, 3.63) is 35.2 Å². The van der Waals surface area contributed by atoms with E-state index in [0.29, 0.717) is 0 Å². The van der Waals surface area contributed by atoms with Gasteiger partial charge in [-0.05, 0) is 29.1 Å². The Morgan fingerprint density at radius 2 is 2.00 bits per heavy atom. The molecule has 2 aromatic rings. The highest BCUT2D eigenvalue weighted by atomic mass is 32.1. The summed E-state index contributed by atoms with van der Waals surface area (Å²) < 4.78 is 10.5. The summed E-state index contributed by atoms with van der Waals surface area (Å²) in [6.45, 7) is 0.0357. The van der Waals surface area contributed by atoms with Crippen LogP contribution < -0.4 is 9.47 Å². The predicted octanol–water partition coefficient (Wildman–Crippen LogP) is 2.92. The third-order valence-electron chi connectivity index (χ3n) is 2.57. The largest absolute Gasteiger partial charge is 0.497 e. The summed E-state index contributed by atoms with van der Waals surface area (Å²) in [6, 6.07) is 7.60. The lowest BCUT2D eigenvalue weighted by atomic mass is 10.1. The molecule has 0 saturated heterocycles. The van der Waals surface area contributed by atoms with Crippen LogP contribution in [0.5, 0.6) is 11.5 Å². The number of hydrogen-bond acceptors (Lipinski definition) is 4. The average molecular weight is 250 g/mol. The summed E-state index contributed by atoms with van der Waals surface area (Å²) in [4.78, 5) is 1.03. The number of thiophene rings is 1. The van der Waals surface area contributed by atoms with Gasteiger partial charge in [0.25, 0.3) is 0 Å². The van der Waals surface area contributed by atoms with Gasteiger partial charge in [-0.15, -0.1) is 11.3 Å². The number of hydrogen-bond donors (Lipinski definition) is 1. The van der Waals surface area contributed by atoms with E-state index in [4.69, 9.17) is 9.47 Å². The first-order valence-corrected chi connectivity index (χ1v) is 6.07. The Balaban J connectivity index is 2.51.